The minimum atomic E-state index is -4.81. The predicted molar refractivity (Wildman–Crippen MR) is 82.2 cm³/mol. The molecule has 7 heteroatoms. The number of carbonyl (C=O) groups excluding carboxylic acids is 1. The molecule has 4 nitrogen and oxygen atoms in total. The van der Waals surface area contributed by atoms with E-state index in [9.17, 15) is 17.1 Å². The Morgan fingerprint density at radius 3 is 2.91 bits per heavy atom. The summed E-state index contributed by atoms with van der Waals surface area (Å²) in [6.45, 7) is 0. The summed E-state index contributed by atoms with van der Waals surface area (Å²) >= 11 is 1.68. The summed E-state index contributed by atoms with van der Waals surface area (Å²) in [7, 11) is -4.81. The van der Waals surface area contributed by atoms with Gasteiger partial charge in [0.1, 0.15) is 0 Å². The lowest BCUT2D eigenvalue weighted by atomic mass is 9.94. The Hall–Kier alpha value is -1.73. The summed E-state index contributed by atoms with van der Waals surface area (Å²) in [5.74, 6) is -0.394. The maximum atomic E-state index is 13.0. The minimum absolute atomic E-state index is 0.0758. The van der Waals surface area contributed by atoms with Crippen LogP contribution in [0.4, 0.5) is 3.89 Å². The van der Waals surface area contributed by atoms with Crippen LogP contribution >= 0.6 is 11.3 Å². The van der Waals surface area contributed by atoms with E-state index in [1.807, 2.05) is 11.4 Å². The van der Waals surface area contributed by atoms with Gasteiger partial charge in [0.05, 0.1) is 10.9 Å². The maximum Gasteiger partial charge on any atom is 0.332 e. The van der Waals surface area contributed by atoms with Crippen molar-refractivity contribution in [3.05, 3.63) is 51.7 Å². The summed E-state index contributed by atoms with van der Waals surface area (Å²) in [5.41, 5.74) is 1.26. The molecule has 1 amide bonds. The van der Waals surface area contributed by atoms with E-state index >= 15 is 0 Å². The van der Waals surface area contributed by atoms with Gasteiger partial charge in [0.2, 0.25) is 0 Å². The zero-order valence-corrected chi connectivity index (χ0v) is 13.2. The minimum Gasteiger partial charge on any atom is -0.345 e. The van der Waals surface area contributed by atoms with E-state index in [0.29, 0.717) is 0 Å². The van der Waals surface area contributed by atoms with Crippen LogP contribution in [-0.2, 0) is 16.6 Å². The molecule has 2 aromatic rings. The van der Waals surface area contributed by atoms with Crippen LogP contribution in [0.25, 0.3) is 0 Å². The third kappa shape index (κ3) is 3.05. The molecule has 1 aromatic carbocycles. The molecule has 1 unspecified atom stereocenters. The van der Waals surface area contributed by atoms with Crippen molar-refractivity contribution in [2.24, 2.45) is 0 Å². The van der Waals surface area contributed by atoms with Crippen molar-refractivity contribution in [2.45, 2.75) is 30.2 Å². The van der Waals surface area contributed by atoms with Gasteiger partial charge in [-0.05, 0) is 54.5 Å². The lowest BCUT2D eigenvalue weighted by Gasteiger charge is -2.23. The molecule has 1 aromatic heterocycles. The van der Waals surface area contributed by atoms with Gasteiger partial charge in [0.15, 0.2) is 0 Å². The average molecular weight is 339 g/mol. The zero-order valence-electron chi connectivity index (χ0n) is 11.6. The normalized spacial score (nSPS) is 17.8. The van der Waals surface area contributed by atoms with Crippen molar-refractivity contribution >= 4 is 27.5 Å². The average Bonchev–Trinajstić information content (AvgIpc) is 2.96. The van der Waals surface area contributed by atoms with Crippen molar-refractivity contribution < 1.29 is 17.1 Å². The monoisotopic (exact) mass is 339 g/mol. The van der Waals surface area contributed by atoms with Crippen LogP contribution in [0, 0.1) is 0 Å². The molecule has 0 spiro atoms. The molecule has 3 rings (SSSR count). The maximum absolute atomic E-state index is 13.0. The molecule has 1 aliphatic carbocycles. The second kappa shape index (κ2) is 5.81. The molecule has 0 saturated carbocycles. The highest BCUT2D eigenvalue weighted by molar-refractivity contribution is 7.86. The van der Waals surface area contributed by atoms with Gasteiger partial charge in [-0.1, -0.05) is 6.07 Å². The molecule has 116 valence electrons. The highest BCUT2D eigenvalue weighted by Gasteiger charge is 2.23. The van der Waals surface area contributed by atoms with Crippen LogP contribution in [-0.4, -0.2) is 14.3 Å². The van der Waals surface area contributed by atoms with Gasteiger partial charge >= 0.3 is 10.2 Å². The summed E-state index contributed by atoms with van der Waals surface area (Å²) in [6.07, 6.45) is 2.86. The highest BCUT2D eigenvalue weighted by Crippen LogP contribution is 2.33. The van der Waals surface area contributed by atoms with Crippen molar-refractivity contribution in [2.75, 3.05) is 0 Å². The van der Waals surface area contributed by atoms with Gasteiger partial charge in [-0.25, -0.2) is 0 Å². The SMILES string of the molecule is O=C(NC1CCCc2sccc21)c1cccc(S(=O)(=O)F)c1. The van der Waals surface area contributed by atoms with Crippen LogP contribution in [0.2, 0.25) is 0 Å². The van der Waals surface area contributed by atoms with Crippen molar-refractivity contribution in [1.29, 1.82) is 0 Å². The number of fused-ring (bicyclic) bond motifs is 1. The molecule has 0 bridgehead atoms. The van der Waals surface area contributed by atoms with E-state index in [0.717, 1.165) is 37.0 Å². The molecule has 0 radical (unpaired) electrons. The number of carbonyl (C=O) groups is 1. The molecule has 1 aliphatic rings. The number of thiophene rings is 1. The fourth-order valence-electron chi connectivity index (χ4n) is 2.67. The van der Waals surface area contributed by atoms with Gasteiger partial charge in [-0.2, -0.15) is 8.42 Å². The van der Waals surface area contributed by atoms with E-state index in [1.54, 1.807) is 11.3 Å². The largest absolute Gasteiger partial charge is 0.345 e. The fourth-order valence-corrected chi connectivity index (χ4v) is 4.16. The Morgan fingerprint density at radius 2 is 2.14 bits per heavy atom. The van der Waals surface area contributed by atoms with E-state index in [4.69, 9.17) is 0 Å². The number of hydrogen-bond acceptors (Lipinski definition) is 4. The van der Waals surface area contributed by atoms with Gasteiger partial charge in [0.25, 0.3) is 5.91 Å². The molecular formula is C15H14FNO3S2. The fraction of sp³-hybridized carbons (Fsp3) is 0.267. The Kier molecular flexibility index (Phi) is 4.01. The van der Waals surface area contributed by atoms with Crippen molar-refractivity contribution in [3.63, 3.8) is 0 Å². The first-order chi connectivity index (χ1) is 10.4. The molecule has 22 heavy (non-hydrogen) atoms. The number of amides is 1. The zero-order chi connectivity index (χ0) is 15.7. The van der Waals surface area contributed by atoms with Crippen molar-refractivity contribution in [3.8, 4) is 0 Å². The molecule has 1 atom stereocenters. The first-order valence-electron chi connectivity index (χ1n) is 6.87. The van der Waals surface area contributed by atoms with Crippen molar-refractivity contribution in [1.82, 2.24) is 5.32 Å². The Morgan fingerprint density at radius 1 is 1.32 bits per heavy atom. The Labute approximate surface area is 132 Å². The summed E-state index contributed by atoms with van der Waals surface area (Å²) in [5, 5.41) is 4.91. The van der Waals surface area contributed by atoms with E-state index in [-0.39, 0.29) is 11.6 Å². The second-order valence-electron chi connectivity index (χ2n) is 5.18. The first kappa shape index (κ1) is 15.2. The van der Waals surface area contributed by atoms with E-state index < -0.39 is 21.0 Å². The third-order valence-corrected chi connectivity index (χ3v) is 5.55. The van der Waals surface area contributed by atoms with Crippen LogP contribution in [0.1, 0.15) is 39.7 Å². The highest BCUT2D eigenvalue weighted by atomic mass is 32.3. The third-order valence-electron chi connectivity index (χ3n) is 3.74. The molecule has 0 saturated heterocycles. The first-order valence-corrected chi connectivity index (χ1v) is 9.13. The number of hydrogen-bond donors (Lipinski definition) is 1. The number of aryl methyl sites for hydroxylation is 1. The van der Waals surface area contributed by atoms with Crippen LogP contribution in [0.3, 0.4) is 0 Å². The Bertz CT molecular complexity index is 814. The molecule has 1 heterocycles. The number of benzene rings is 1. The molecule has 0 aliphatic heterocycles. The topological polar surface area (TPSA) is 63.2 Å². The Balaban J connectivity index is 1.82. The number of rotatable bonds is 3. The standard InChI is InChI=1S/C15H14FNO3S2/c16-22(19,20)11-4-1-3-10(9-11)15(18)17-13-5-2-6-14-12(13)7-8-21-14/h1,3-4,7-9,13H,2,5-6H2,(H,17,18). The number of halogens is 1. The van der Waals surface area contributed by atoms with Gasteiger partial charge in [0, 0.05) is 10.4 Å². The quantitative estimate of drug-likeness (QED) is 0.874. The lowest BCUT2D eigenvalue weighted by molar-refractivity contribution is 0.0932. The molecular weight excluding hydrogens is 325 g/mol. The van der Waals surface area contributed by atoms with Gasteiger partial charge in [-0.15, -0.1) is 15.2 Å². The summed E-state index contributed by atoms with van der Waals surface area (Å²) < 4.78 is 34.9. The van der Waals surface area contributed by atoms with Gasteiger partial charge < -0.3 is 5.32 Å². The predicted octanol–water partition coefficient (Wildman–Crippen LogP) is 3.21. The lowest BCUT2D eigenvalue weighted by Crippen LogP contribution is -2.30. The van der Waals surface area contributed by atoms with Crippen LogP contribution in [0.15, 0.2) is 40.6 Å². The van der Waals surface area contributed by atoms with Crippen LogP contribution in [0.5, 0.6) is 0 Å². The van der Waals surface area contributed by atoms with E-state index in [1.165, 1.54) is 17.0 Å². The van der Waals surface area contributed by atoms with Gasteiger partial charge in [-0.3, -0.25) is 4.79 Å². The summed E-state index contributed by atoms with van der Waals surface area (Å²) in [6, 6.07) is 6.95. The molecule has 0 fully saturated rings. The van der Waals surface area contributed by atoms with Crippen LogP contribution < -0.4 is 5.32 Å². The smallest absolute Gasteiger partial charge is 0.332 e. The van der Waals surface area contributed by atoms with E-state index in [2.05, 4.69) is 5.32 Å². The number of nitrogens with one attached hydrogen (secondary N) is 1. The summed E-state index contributed by atoms with van der Waals surface area (Å²) in [4.78, 5) is 13.1. The second-order valence-corrected chi connectivity index (χ2v) is 7.53. The molecule has 1 N–H and O–H groups in total.